The Morgan fingerprint density at radius 1 is 1.06 bits per heavy atom. The fourth-order valence-corrected chi connectivity index (χ4v) is 4.51. The maximum atomic E-state index is 13.6. The number of rotatable bonds is 11. The lowest BCUT2D eigenvalue weighted by molar-refractivity contribution is -0.140. The van der Waals surface area contributed by atoms with E-state index in [4.69, 9.17) is 11.6 Å². The van der Waals surface area contributed by atoms with Crippen LogP contribution in [0, 0.1) is 6.92 Å². The van der Waals surface area contributed by atoms with Crippen molar-refractivity contribution in [3.63, 3.8) is 0 Å². The molecule has 2 amide bonds. The Balaban J connectivity index is 2.43. The minimum atomic E-state index is -3.75. The molecule has 0 bridgehead atoms. The second-order valence-electron chi connectivity index (χ2n) is 8.50. The first-order valence-corrected chi connectivity index (χ1v) is 13.6. The second-order valence-corrected chi connectivity index (χ2v) is 10.8. The zero-order valence-corrected chi connectivity index (χ0v) is 22.0. The van der Waals surface area contributed by atoms with Crippen LogP contribution in [0.5, 0.6) is 0 Å². The molecule has 0 spiro atoms. The molecule has 2 atom stereocenters. The topological polar surface area (TPSA) is 86.8 Å². The maximum absolute atomic E-state index is 13.6. The number of benzene rings is 2. The minimum absolute atomic E-state index is 0.0474. The van der Waals surface area contributed by atoms with Gasteiger partial charge < -0.3 is 10.2 Å². The highest BCUT2D eigenvalue weighted by molar-refractivity contribution is 7.92. The number of aryl methyl sites for hydroxylation is 1. The molecule has 1 N–H and O–H groups in total. The van der Waals surface area contributed by atoms with Gasteiger partial charge in [0.05, 0.1) is 11.9 Å². The lowest BCUT2D eigenvalue weighted by Crippen LogP contribution is -2.53. The molecular formula is C25H34ClN3O4S. The third-order valence-electron chi connectivity index (χ3n) is 5.62. The first-order valence-electron chi connectivity index (χ1n) is 11.3. The molecule has 0 saturated heterocycles. The van der Waals surface area contributed by atoms with Crippen molar-refractivity contribution < 1.29 is 18.0 Å². The van der Waals surface area contributed by atoms with E-state index < -0.39 is 28.5 Å². The molecule has 0 aliphatic rings. The van der Waals surface area contributed by atoms with Crippen LogP contribution < -0.4 is 9.62 Å². The molecular weight excluding hydrogens is 474 g/mol. The van der Waals surface area contributed by atoms with E-state index in [9.17, 15) is 18.0 Å². The predicted octanol–water partition coefficient (Wildman–Crippen LogP) is 4.14. The average molecular weight is 508 g/mol. The summed E-state index contributed by atoms with van der Waals surface area (Å²) in [6.07, 6.45) is 2.20. The van der Waals surface area contributed by atoms with Crippen molar-refractivity contribution >= 4 is 39.1 Å². The van der Waals surface area contributed by atoms with Crippen LogP contribution >= 0.6 is 11.6 Å². The quantitative estimate of drug-likeness (QED) is 0.495. The van der Waals surface area contributed by atoms with Gasteiger partial charge in [0.2, 0.25) is 21.8 Å². The number of carbonyl (C=O) groups is 2. The molecule has 0 aromatic heterocycles. The number of halogens is 1. The highest BCUT2D eigenvalue weighted by atomic mass is 35.5. The number of anilines is 1. The molecule has 2 aromatic carbocycles. The minimum Gasteiger partial charge on any atom is -0.352 e. The standard InChI is InChI=1S/C25H34ClN3O4S/c1-6-19(4)27-25(31)23(7-2)28(16-20-11-13-21(26)14-12-20)24(30)17-29(34(5,32)33)22-10-8-9-18(3)15-22/h8-15,19,23H,6-7,16-17H2,1-5H3,(H,27,31)/t19-,23-/m1/s1. The van der Waals surface area contributed by atoms with Crippen LogP contribution in [0.1, 0.15) is 44.7 Å². The molecule has 7 nitrogen and oxygen atoms in total. The Morgan fingerprint density at radius 3 is 2.24 bits per heavy atom. The van der Waals surface area contributed by atoms with Crippen LogP contribution in [0.25, 0.3) is 0 Å². The average Bonchev–Trinajstić information content (AvgIpc) is 2.77. The molecule has 0 aliphatic heterocycles. The summed E-state index contributed by atoms with van der Waals surface area (Å²) in [6.45, 7) is 7.28. The van der Waals surface area contributed by atoms with E-state index in [-0.39, 0.29) is 18.5 Å². The van der Waals surface area contributed by atoms with E-state index in [1.807, 2.05) is 33.8 Å². The SMILES string of the molecule is CC[C@@H](C)NC(=O)[C@@H](CC)N(Cc1ccc(Cl)cc1)C(=O)CN(c1cccc(C)c1)S(C)(=O)=O. The van der Waals surface area contributed by atoms with Gasteiger partial charge in [0.1, 0.15) is 12.6 Å². The molecule has 9 heteroatoms. The summed E-state index contributed by atoms with van der Waals surface area (Å²) >= 11 is 6.01. The Kier molecular flexibility index (Phi) is 9.94. The van der Waals surface area contributed by atoms with Crippen molar-refractivity contribution in [3.05, 3.63) is 64.7 Å². The van der Waals surface area contributed by atoms with Crippen LogP contribution in [0.2, 0.25) is 5.02 Å². The summed E-state index contributed by atoms with van der Waals surface area (Å²) in [5.74, 6) is -0.728. The fraction of sp³-hybridized carbons (Fsp3) is 0.440. The number of sulfonamides is 1. The van der Waals surface area contributed by atoms with Gasteiger partial charge in [0.15, 0.2) is 0 Å². The van der Waals surface area contributed by atoms with Crippen molar-refractivity contribution in [1.29, 1.82) is 0 Å². The van der Waals surface area contributed by atoms with E-state index in [0.29, 0.717) is 17.1 Å². The van der Waals surface area contributed by atoms with Gasteiger partial charge in [-0.2, -0.15) is 0 Å². The number of hydrogen-bond donors (Lipinski definition) is 1. The van der Waals surface area contributed by atoms with Gasteiger partial charge in [-0.3, -0.25) is 13.9 Å². The Hall–Kier alpha value is -2.58. The van der Waals surface area contributed by atoms with E-state index in [1.165, 1.54) is 4.90 Å². The van der Waals surface area contributed by atoms with Crippen molar-refractivity contribution in [2.45, 2.75) is 59.2 Å². The molecule has 186 valence electrons. The van der Waals surface area contributed by atoms with Crippen LogP contribution in [0.4, 0.5) is 5.69 Å². The second kappa shape index (κ2) is 12.2. The molecule has 0 aliphatic carbocycles. The van der Waals surface area contributed by atoms with Gasteiger partial charge in [-0.05, 0) is 62.1 Å². The van der Waals surface area contributed by atoms with Crippen LogP contribution in [-0.2, 0) is 26.2 Å². The zero-order valence-electron chi connectivity index (χ0n) is 20.4. The maximum Gasteiger partial charge on any atom is 0.244 e. The van der Waals surface area contributed by atoms with E-state index in [1.54, 1.807) is 42.5 Å². The van der Waals surface area contributed by atoms with Gasteiger partial charge in [-0.1, -0.05) is 49.7 Å². The zero-order chi connectivity index (χ0) is 25.5. The van der Waals surface area contributed by atoms with Gasteiger partial charge in [0, 0.05) is 17.6 Å². The molecule has 0 unspecified atom stereocenters. The normalized spacial score (nSPS) is 13.1. The van der Waals surface area contributed by atoms with Crippen molar-refractivity contribution in [2.24, 2.45) is 0 Å². The lowest BCUT2D eigenvalue weighted by atomic mass is 10.1. The highest BCUT2D eigenvalue weighted by Crippen LogP contribution is 2.21. The molecule has 0 fully saturated rings. The van der Waals surface area contributed by atoms with Gasteiger partial charge in [-0.15, -0.1) is 0 Å². The summed E-state index contributed by atoms with van der Waals surface area (Å²) in [6, 6.07) is 13.2. The predicted molar refractivity (Wildman–Crippen MR) is 137 cm³/mol. The fourth-order valence-electron chi connectivity index (χ4n) is 3.54. The molecule has 0 heterocycles. The Morgan fingerprint density at radius 2 is 1.71 bits per heavy atom. The largest absolute Gasteiger partial charge is 0.352 e. The summed E-state index contributed by atoms with van der Waals surface area (Å²) in [5.41, 5.74) is 2.06. The number of nitrogens with zero attached hydrogens (tertiary/aromatic N) is 2. The molecule has 0 saturated carbocycles. The van der Waals surface area contributed by atoms with Crippen molar-refractivity contribution in [1.82, 2.24) is 10.2 Å². The summed E-state index contributed by atoms with van der Waals surface area (Å²) in [7, 11) is -3.75. The first kappa shape index (κ1) is 27.7. The summed E-state index contributed by atoms with van der Waals surface area (Å²) in [4.78, 5) is 28.1. The van der Waals surface area contributed by atoms with E-state index in [2.05, 4.69) is 5.32 Å². The van der Waals surface area contributed by atoms with Gasteiger partial charge >= 0.3 is 0 Å². The summed E-state index contributed by atoms with van der Waals surface area (Å²) in [5, 5.41) is 3.51. The molecule has 2 aromatic rings. The smallest absolute Gasteiger partial charge is 0.244 e. The monoisotopic (exact) mass is 507 g/mol. The van der Waals surface area contributed by atoms with E-state index >= 15 is 0 Å². The lowest BCUT2D eigenvalue weighted by Gasteiger charge is -2.33. The number of carbonyl (C=O) groups excluding carboxylic acids is 2. The Labute approximate surface area is 208 Å². The van der Waals surface area contributed by atoms with Crippen LogP contribution in [-0.4, -0.2) is 50.0 Å². The number of hydrogen-bond acceptors (Lipinski definition) is 4. The molecule has 0 radical (unpaired) electrons. The van der Waals surface area contributed by atoms with Gasteiger partial charge in [0.25, 0.3) is 0 Å². The molecule has 34 heavy (non-hydrogen) atoms. The highest BCUT2D eigenvalue weighted by Gasteiger charge is 2.32. The third kappa shape index (κ3) is 7.74. The molecule has 2 rings (SSSR count). The number of nitrogens with one attached hydrogen (secondary N) is 1. The van der Waals surface area contributed by atoms with Crippen LogP contribution in [0.15, 0.2) is 48.5 Å². The van der Waals surface area contributed by atoms with Crippen molar-refractivity contribution in [2.75, 3.05) is 17.1 Å². The summed E-state index contributed by atoms with van der Waals surface area (Å²) < 4.78 is 26.3. The van der Waals surface area contributed by atoms with Gasteiger partial charge in [-0.25, -0.2) is 8.42 Å². The van der Waals surface area contributed by atoms with Crippen LogP contribution in [0.3, 0.4) is 0 Å². The first-order chi connectivity index (χ1) is 16.0. The number of amides is 2. The Bertz CT molecular complexity index is 1090. The van der Waals surface area contributed by atoms with E-state index in [0.717, 1.165) is 28.1 Å². The third-order valence-corrected chi connectivity index (χ3v) is 7.01. The van der Waals surface area contributed by atoms with Crippen molar-refractivity contribution in [3.8, 4) is 0 Å².